The molecule has 0 aliphatic heterocycles. The predicted molar refractivity (Wildman–Crippen MR) is 85.3 cm³/mol. The van der Waals surface area contributed by atoms with Gasteiger partial charge in [0.15, 0.2) is 0 Å². The van der Waals surface area contributed by atoms with Crippen molar-refractivity contribution in [3.05, 3.63) is 29.3 Å². The van der Waals surface area contributed by atoms with Crippen LogP contribution in [0.15, 0.2) is 24.3 Å². The summed E-state index contributed by atoms with van der Waals surface area (Å²) in [4.78, 5) is 14.0. The lowest BCUT2D eigenvalue weighted by molar-refractivity contribution is -0.115. The number of carbonyl (C=O) groups is 1. The van der Waals surface area contributed by atoms with E-state index in [0.29, 0.717) is 23.3 Å². The molecule has 0 saturated carbocycles. The zero-order valence-corrected chi connectivity index (χ0v) is 13.2. The summed E-state index contributed by atoms with van der Waals surface area (Å²) in [6.07, 6.45) is 1.13. The maximum absolute atomic E-state index is 11.8. The molecule has 1 aromatic carbocycles. The van der Waals surface area contributed by atoms with Crippen LogP contribution in [0.2, 0.25) is 5.02 Å². The second-order valence-electron chi connectivity index (χ2n) is 4.94. The molecule has 0 fully saturated rings. The molecular weight excluding hydrogens is 274 g/mol. The Hall–Kier alpha value is -1.10. The fraction of sp³-hybridized carbons (Fsp3) is 0.533. The number of nitrogens with one attached hydrogen (secondary N) is 2. The molecule has 1 rings (SSSR count). The van der Waals surface area contributed by atoms with Gasteiger partial charge in [0.1, 0.15) is 0 Å². The molecule has 2 N–H and O–H groups in total. The first-order chi connectivity index (χ1) is 9.54. The number of para-hydroxylation sites is 1. The van der Waals surface area contributed by atoms with Gasteiger partial charge in [0.05, 0.1) is 17.3 Å². The summed E-state index contributed by atoms with van der Waals surface area (Å²) in [6, 6.07) is 7.79. The quantitative estimate of drug-likeness (QED) is 0.725. The second-order valence-corrected chi connectivity index (χ2v) is 5.35. The zero-order chi connectivity index (χ0) is 15.0. The third-order valence-electron chi connectivity index (χ3n) is 3.42. The molecule has 0 bridgehead atoms. The van der Waals surface area contributed by atoms with Crippen LogP contribution in [0.5, 0.6) is 0 Å². The van der Waals surface area contributed by atoms with E-state index < -0.39 is 0 Å². The molecule has 20 heavy (non-hydrogen) atoms. The molecule has 1 unspecified atom stereocenters. The van der Waals surface area contributed by atoms with E-state index in [1.54, 1.807) is 12.1 Å². The molecule has 112 valence electrons. The summed E-state index contributed by atoms with van der Waals surface area (Å²) >= 11 is 5.98. The average molecular weight is 298 g/mol. The van der Waals surface area contributed by atoms with Crippen LogP contribution in [-0.4, -0.2) is 43.5 Å². The highest BCUT2D eigenvalue weighted by atomic mass is 35.5. The van der Waals surface area contributed by atoms with Crippen LogP contribution in [0.4, 0.5) is 5.69 Å². The van der Waals surface area contributed by atoms with Gasteiger partial charge in [0, 0.05) is 19.1 Å². The molecular formula is C15H24ClN3O. The largest absolute Gasteiger partial charge is 0.324 e. The summed E-state index contributed by atoms with van der Waals surface area (Å²) in [7, 11) is 2.10. The summed E-state index contributed by atoms with van der Waals surface area (Å²) < 4.78 is 0. The van der Waals surface area contributed by atoms with E-state index in [2.05, 4.69) is 36.4 Å². The first-order valence-electron chi connectivity index (χ1n) is 7.00. The van der Waals surface area contributed by atoms with E-state index in [-0.39, 0.29) is 5.91 Å². The highest BCUT2D eigenvalue weighted by Gasteiger charge is 2.07. The summed E-state index contributed by atoms with van der Waals surface area (Å²) in [6.45, 7) is 6.38. The van der Waals surface area contributed by atoms with Gasteiger partial charge in [0.2, 0.25) is 5.91 Å². The molecule has 1 amide bonds. The van der Waals surface area contributed by atoms with Crippen molar-refractivity contribution in [2.75, 3.05) is 32.0 Å². The Morgan fingerprint density at radius 1 is 1.40 bits per heavy atom. The van der Waals surface area contributed by atoms with Gasteiger partial charge < -0.3 is 15.5 Å². The minimum absolute atomic E-state index is 0.0794. The van der Waals surface area contributed by atoms with Crippen molar-refractivity contribution in [1.29, 1.82) is 0 Å². The van der Waals surface area contributed by atoms with E-state index in [1.165, 1.54) is 0 Å². The Kier molecular flexibility index (Phi) is 7.59. The molecule has 0 heterocycles. The van der Waals surface area contributed by atoms with Crippen molar-refractivity contribution in [2.24, 2.45) is 0 Å². The van der Waals surface area contributed by atoms with Gasteiger partial charge in [-0.15, -0.1) is 0 Å². The summed E-state index contributed by atoms with van der Waals surface area (Å²) in [5.41, 5.74) is 0.651. The van der Waals surface area contributed by atoms with Crippen LogP contribution in [-0.2, 0) is 4.79 Å². The smallest absolute Gasteiger partial charge is 0.238 e. The van der Waals surface area contributed by atoms with Crippen molar-refractivity contribution in [2.45, 2.75) is 26.3 Å². The topological polar surface area (TPSA) is 44.4 Å². The SMILES string of the molecule is CCC(C)N(C)CCNCC(=O)Nc1ccccc1Cl. The van der Waals surface area contributed by atoms with E-state index in [9.17, 15) is 4.79 Å². The van der Waals surface area contributed by atoms with Crippen molar-refractivity contribution < 1.29 is 4.79 Å². The third kappa shape index (κ3) is 5.90. The van der Waals surface area contributed by atoms with Gasteiger partial charge >= 0.3 is 0 Å². The molecule has 0 spiro atoms. The van der Waals surface area contributed by atoms with Crippen molar-refractivity contribution in [1.82, 2.24) is 10.2 Å². The van der Waals surface area contributed by atoms with E-state index in [1.807, 2.05) is 12.1 Å². The molecule has 1 aromatic rings. The standard InChI is InChI=1S/C15H24ClN3O/c1-4-12(2)19(3)10-9-17-11-15(20)18-14-8-6-5-7-13(14)16/h5-8,12,17H,4,9-11H2,1-3H3,(H,18,20). The lowest BCUT2D eigenvalue weighted by Gasteiger charge is -2.23. The molecule has 4 nitrogen and oxygen atoms in total. The Bertz CT molecular complexity index is 425. The molecule has 0 aliphatic rings. The molecule has 0 saturated heterocycles. The third-order valence-corrected chi connectivity index (χ3v) is 3.75. The minimum atomic E-state index is -0.0794. The van der Waals surface area contributed by atoms with Gasteiger partial charge in [-0.1, -0.05) is 30.7 Å². The van der Waals surface area contributed by atoms with Gasteiger partial charge in [-0.05, 0) is 32.5 Å². The van der Waals surface area contributed by atoms with Crippen LogP contribution < -0.4 is 10.6 Å². The maximum atomic E-state index is 11.8. The normalized spacial score (nSPS) is 12.4. The fourth-order valence-corrected chi connectivity index (χ4v) is 1.93. The molecule has 5 heteroatoms. The molecule has 0 radical (unpaired) electrons. The maximum Gasteiger partial charge on any atom is 0.238 e. The van der Waals surface area contributed by atoms with Crippen molar-refractivity contribution in [3.63, 3.8) is 0 Å². The van der Waals surface area contributed by atoms with Crippen molar-refractivity contribution in [3.8, 4) is 0 Å². The zero-order valence-electron chi connectivity index (χ0n) is 12.4. The average Bonchev–Trinajstić information content (AvgIpc) is 2.45. The first-order valence-corrected chi connectivity index (χ1v) is 7.37. The summed E-state index contributed by atoms with van der Waals surface area (Å²) in [5, 5.41) is 6.48. The van der Waals surface area contributed by atoms with Crippen LogP contribution in [0.3, 0.4) is 0 Å². The predicted octanol–water partition coefficient (Wildman–Crippen LogP) is 2.60. The second kappa shape index (κ2) is 8.95. The van der Waals surface area contributed by atoms with Gasteiger partial charge in [-0.2, -0.15) is 0 Å². The van der Waals surface area contributed by atoms with Crippen LogP contribution >= 0.6 is 11.6 Å². The van der Waals surface area contributed by atoms with E-state index >= 15 is 0 Å². The first kappa shape index (κ1) is 17.0. The number of amides is 1. The molecule has 1 atom stereocenters. The number of hydrogen-bond donors (Lipinski definition) is 2. The van der Waals surface area contributed by atoms with E-state index in [0.717, 1.165) is 19.5 Å². The Balaban J connectivity index is 2.23. The van der Waals surface area contributed by atoms with Gasteiger partial charge in [0.25, 0.3) is 0 Å². The number of nitrogens with zero attached hydrogens (tertiary/aromatic N) is 1. The highest BCUT2D eigenvalue weighted by molar-refractivity contribution is 6.33. The lowest BCUT2D eigenvalue weighted by atomic mass is 10.2. The van der Waals surface area contributed by atoms with Gasteiger partial charge in [-0.25, -0.2) is 0 Å². The monoisotopic (exact) mass is 297 g/mol. The number of likely N-dealkylation sites (N-methyl/N-ethyl adjacent to an activating group) is 1. The number of benzene rings is 1. The number of hydrogen-bond acceptors (Lipinski definition) is 3. The van der Waals surface area contributed by atoms with Gasteiger partial charge in [-0.3, -0.25) is 4.79 Å². The Morgan fingerprint density at radius 3 is 2.75 bits per heavy atom. The number of carbonyl (C=O) groups excluding carboxylic acids is 1. The number of rotatable bonds is 8. The number of halogens is 1. The van der Waals surface area contributed by atoms with Crippen LogP contribution in [0.1, 0.15) is 20.3 Å². The highest BCUT2D eigenvalue weighted by Crippen LogP contribution is 2.19. The van der Waals surface area contributed by atoms with E-state index in [4.69, 9.17) is 11.6 Å². The molecule has 0 aromatic heterocycles. The summed E-state index contributed by atoms with van der Waals surface area (Å²) in [5.74, 6) is -0.0794. The lowest BCUT2D eigenvalue weighted by Crippen LogP contribution is -2.37. The fourth-order valence-electron chi connectivity index (χ4n) is 1.75. The van der Waals surface area contributed by atoms with Crippen LogP contribution in [0.25, 0.3) is 0 Å². The number of anilines is 1. The Morgan fingerprint density at radius 2 is 2.10 bits per heavy atom. The van der Waals surface area contributed by atoms with Crippen LogP contribution in [0, 0.1) is 0 Å². The molecule has 0 aliphatic carbocycles. The Labute approximate surface area is 126 Å². The van der Waals surface area contributed by atoms with Crippen molar-refractivity contribution >= 4 is 23.2 Å². The minimum Gasteiger partial charge on any atom is -0.324 e.